The standard InChI is InChI=1S/C12H24N2O3S/c1-3-17-12-6-11(7-12)14-18(15,16)9(2)8-13-10-4-5-10/h9-14H,3-8H2,1-2H3. The summed E-state index contributed by atoms with van der Waals surface area (Å²) in [5.41, 5.74) is 0. The molecule has 2 N–H and O–H groups in total. The van der Waals surface area contributed by atoms with E-state index in [0.29, 0.717) is 19.2 Å². The molecule has 0 spiro atoms. The van der Waals surface area contributed by atoms with Gasteiger partial charge < -0.3 is 10.1 Å². The van der Waals surface area contributed by atoms with Gasteiger partial charge in [0, 0.05) is 25.2 Å². The highest BCUT2D eigenvalue weighted by Crippen LogP contribution is 2.24. The second-order valence-corrected chi connectivity index (χ2v) is 7.53. The van der Waals surface area contributed by atoms with Crippen molar-refractivity contribution in [3.05, 3.63) is 0 Å². The highest BCUT2D eigenvalue weighted by Gasteiger charge is 2.34. The van der Waals surface area contributed by atoms with Gasteiger partial charge in [-0.1, -0.05) is 0 Å². The van der Waals surface area contributed by atoms with Crippen molar-refractivity contribution in [1.82, 2.24) is 10.0 Å². The number of hydrogen-bond acceptors (Lipinski definition) is 4. The number of hydrogen-bond donors (Lipinski definition) is 2. The van der Waals surface area contributed by atoms with Crippen LogP contribution in [0.3, 0.4) is 0 Å². The zero-order chi connectivity index (χ0) is 13.2. The summed E-state index contributed by atoms with van der Waals surface area (Å²) < 4.78 is 32.3. The number of rotatable bonds is 8. The molecule has 0 aromatic rings. The molecule has 5 nitrogen and oxygen atoms in total. The number of ether oxygens (including phenoxy) is 1. The lowest BCUT2D eigenvalue weighted by Gasteiger charge is -2.35. The maximum atomic E-state index is 12.0. The van der Waals surface area contributed by atoms with Gasteiger partial charge in [-0.2, -0.15) is 0 Å². The van der Waals surface area contributed by atoms with Crippen LogP contribution < -0.4 is 10.0 Å². The van der Waals surface area contributed by atoms with Crippen LogP contribution in [0.15, 0.2) is 0 Å². The largest absolute Gasteiger partial charge is 0.378 e. The highest BCUT2D eigenvalue weighted by molar-refractivity contribution is 7.90. The van der Waals surface area contributed by atoms with Gasteiger partial charge in [0.25, 0.3) is 0 Å². The third kappa shape index (κ3) is 3.91. The maximum Gasteiger partial charge on any atom is 0.215 e. The van der Waals surface area contributed by atoms with E-state index in [4.69, 9.17) is 4.74 Å². The smallest absolute Gasteiger partial charge is 0.215 e. The Morgan fingerprint density at radius 2 is 1.94 bits per heavy atom. The predicted molar refractivity (Wildman–Crippen MR) is 71.0 cm³/mol. The molecule has 2 saturated carbocycles. The molecule has 18 heavy (non-hydrogen) atoms. The van der Waals surface area contributed by atoms with E-state index in [1.165, 1.54) is 12.8 Å². The van der Waals surface area contributed by atoms with Gasteiger partial charge in [-0.3, -0.25) is 0 Å². The van der Waals surface area contributed by atoms with Crippen molar-refractivity contribution in [2.24, 2.45) is 0 Å². The Morgan fingerprint density at radius 3 is 2.50 bits per heavy atom. The molecule has 0 amide bonds. The Kier molecular flexibility index (Phi) is 4.64. The minimum atomic E-state index is -3.19. The molecule has 0 aliphatic heterocycles. The summed E-state index contributed by atoms with van der Waals surface area (Å²) in [4.78, 5) is 0. The average molecular weight is 276 g/mol. The Morgan fingerprint density at radius 1 is 1.28 bits per heavy atom. The summed E-state index contributed by atoms with van der Waals surface area (Å²) in [7, 11) is -3.19. The van der Waals surface area contributed by atoms with Gasteiger partial charge in [0.2, 0.25) is 10.0 Å². The van der Waals surface area contributed by atoms with Gasteiger partial charge in [0.05, 0.1) is 11.4 Å². The van der Waals surface area contributed by atoms with Crippen LogP contribution in [0.5, 0.6) is 0 Å². The number of sulfonamides is 1. The SMILES string of the molecule is CCOC1CC(NS(=O)(=O)C(C)CNC2CC2)C1. The fourth-order valence-electron chi connectivity index (χ4n) is 2.11. The van der Waals surface area contributed by atoms with E-state index in [2.05, 4.69) is 10.0 Å². The average Bonchev–Trinajstić information content (AvgIpc) is 3.06. The molecule has 6 heteroatoms. The van der Waals surface area contributed by atoms with E-state index < -0.39 is 10.0 Å². The zero-order valence-corrected chi connectivity index (χ0v) is 12.0. The van der Waals surface area contributed by atoms with Crippen LogP contribution >= 0.6 is 0 Å². The van der Waals surface area contributed by atoms with E-state index in [1.807, 2.05) is 6.92 Å². The predicted octanol–water partition coefficient (Wildman–Crippen LogP) is 0.614. The van der Waals surface area contributed by atoms with Crippen LogP contribution in [0.4, 0.5) is 0 Å². The van der Waals surface area contributed by atoms with Crippen LogP contribution in [0.2, 0.25) is 0 Å². The van der Waals surface area contributed by atoms with E-state index >= 15 is 0 Å². The van der Waals surface area contributed by atoms with Crippen molar-refractivity contribution in [2.75, 3.05) is 13.2 Å². The molecule has 0 aromatic heterocycles. The fourth-order valence-corrected chi connectivity index (χ4v) is 3.32. The zero-order valence-electron chi connectivity index (χ0n) is 11.2. The van der Waals surface area contributed by atoms with Crippen molar-refractivity contribution < 1.29 is 13.2 Å². The minimum Gasteiger partial charge on any atom is -0.378 e. The Bertz CT molecular complexity index is 362. The first kappa shape index (κ1) is 14.2. The molecule has 1 atom stereocenters. The van der Waals surface area contributed by atoms with Crippen LogP contribution in [-0.2, 0) is 14.8 Å². The first-order valence-electron chi connectivity index (χ1n) is 6.87. The molecular weight excluding hydrogens is 252 g/mol. The monoisotopic (exact) mass is 276 g/mol. The Balaban J connectivity index is 1.69. The van der Waals surface area contributed by atoms with E-state index in [9.17, 15) is 8.42 Å². The highest BCUT2D eigenvalue weighted by atomic mass is 32.2. The van der Waals surface area contributed by atoms with Gasteiger partial charge >= 0.3 is 0 Å². The summed E-state index contributed by atoms with van der Waals surface area (Å²) in [6.45, 7) is 4.97. The van der Waals surface area contributed by atoms with Gasteiger partial charge in [0.1, 0.15) is 0 Å². The molecule has 2 aliphatic carbocycles. The lowest BCUT2D eigenvalue weighted by molar-refractivity contribution is -0.00480. The van der Waals surface area contributed by atoms with Gasteiger partial charge in [-0.25, -0.2) is 13.1 Å². The molecule has 2 rings (SSSR count). The minimum absolute atomic E-state index is 0.0647. The Labute approximate surface area is 110 Å². The van der Waals surface area contributed by atoms with Crippen molar-refractivity contribution in [3.8, 4) is 0 Å². The summed E-state index contributed by atoms with van der Waals surface area (Å²) in [6.07, 6.45) is 4.20. The molecule has 0 saturated heterocycles. The second-order valence-electron chi connectivity index (χ2n) is 5.40. The first-order chi connectivity index (χ1) is 8.51. The molecule has 106 valence electrons. The van der Waals surface area contributed by atoms with Crippen LogP contribution in [0.25, 0.3) is 0 Å². The summed E-state index contributed by atoms with van der Waals surface area (Å²) in [5.74, 6) is 0. The van der Waals surface area contributed by atoms with E-state index in [-0.39, 0.29) is 17.4 Å². The third-order valence-corrected chi connectivity index (χ3v) is 5.52. The molecule has 0 radical (unpaired) electrons. The molecule has 0 bridgehead atoms. The summed E-state index contributed by atoms with van der Waals surface area (Å²) in [5, 5.41) is 2.89. The Hall–Kier alpha value is -0.170. The van der Waals surface area contributed by atoms with Crippen LogP contribution in [0, 0.1) is 0 Å². The third-order valence-electron chi connectivity index (χ3n) is 3.63. The molecule has 2 fully saturated rings. The van der Waals surface area contributed by atoms with Crippen molar-refractivity contribution in [2.45, 2.75) is 63.0 Å². The molecule has 0 heterocycles. The fraction of sp³-hybridized carbons (Fsp3) is 1.00. The van der Waals surface area contributed by atoms with Crippen molar-refractivity contribution in [3.63, 3.8) is 0 Å². The van der Waals surface area contributed by atoms with Crippen LogP contribution in [0.1, 0.15) is 39.5 Å². The van der Waals surface area contributed by atoms with Crippen molar-refractivity contribution >= 4 is 10.0 Å². The van der Waals surface area contributed by atoms with Gasteiger partial charge in [-0.05, 0) is 39.5 Å². The van der Waals surface area contributed by atoms with Crippen LogP contribution in [-0.4, -0.2) is 45.0 Å². The van der Waals surface area contributed by atoms with Gasteiger partial charge in [-0.15, -0.1) is 0 Å². The molecule has 2 aliphatic rings. The lowest BCUT2D eigenvalue weighted by Crippen LogP contribution is -2.51. The van der Waals surface area contributed by atoms with E-state index in [0.717, 1.165) is 12.8 Å². The maximum absolute atomic E-state index is 12.0. The quantitative estimate of drug-likeness (QED) is 0.682. The van der Waals surface area contributed by atoms with Gasteiger partial charge in [0.15, 0.2) is 0 Å². The number of nitrogens with one attached hydrogen (secondary N) is 2. The normalized spacial score (nSPS) is 29.9. The summed E-state index contributed by atoms with van der Waals surface area (Å²) in [6, 6.07) is 0.614. The first-order valence-corrected chi connectivity index (χ1v) is 8.42. The second kappa shape index (κ2) is 5.86. The summed E-state index contributed by atoms with van der Waals surface area (Å²) >= 11 is 0. The lowest BCUT2D eigenvalue weighted by atomic mass is 9.90. The molecule has 1 unspecified atom stereocenters. The molecular formula is C12H24N2O3S. The topological polar surface area (TPSA) is 67.4 Å². The van der Waals surface area contributed by atoms with E-state index in [1.54, 1.807) is 6.92 Å². The van der Waals surface area contributed by atoms with Crippen molar-refractivity contribution in [1.29, 1.82) is 0 Å². The molecule has 0 aromatic carbocycles.